The van der Waals surface area contributed by atoms with E-state index in [4.69, 9.17) is 0 Å². The summed E-state index contributed by atoms with van der Waals surface area (Å²) in [6.45, 7) is 8.75. The quantitative estimate of drug-likeness (QED) is 0.594. The Morgan fingerprint density at radius 2 is 1.89 bits per heavy atom. The molecule has 0 saturated heterocycles. The maximum absolute atomic E-state index is 12.7. The van der Waals surface area contributed by atoms with Crippen LogP contribution in [0.25, 0.3) is 0 Å². The van der Waals surface area contributed by atoms with Gasteiger partial charge in [0.15, 0.2) is 5.16 Å². The second kappa shape index (κ2) is 9.06. The number of aromatic nitrogens is 3. The number of nitrogens with zero attached hydrogens (tertiary/aromatic N) is 3. The van der Waals surface area contributed by atoms with Crippen molar-refractivity contribution in [2.45, 2.75) is 51.1 Å². The van der Waals surface area contributed by atoms with Crippen molar-refractivity contribution in [2.24, 2.45) is 0 Å². The summed E-state index contributed by atoms with van der Waals surface area (Å²) in [6, 6.07) is 16.3. The maximum atomic E-state index is 12.7. The van der Waals surface area contributed by atoms with Gasteiger partial charge < -0.3 is 9.88 Å². The van der Waals surface area contributed by atoms with E-state index in [0.717, 1.165) is 40.8 Å². The van der Waals surface area contributed by atoms with Gasteiger partial charge in [-0.25, -0.2) is 0 Å². The minimum atomic E-state index is -0.279. The zero-order valence-corrected chi connectivity index (χ0v) is 17.6. The lowest BCUT2D eigenvalue weighted by Crippen LogP contribution is -2.23. The third-order valence-electron chi connectivity index (χ3n) is 4.62. The van der Waals surface area contributed by atoms with Crippen LogP contribution in [0.15, 0.2) is 53.7 Å². The van der Waals surface area contributed by atoms with E-state index in [1.165, 1.54) is 17.3 Å². The molecule has 1 N–H and O–H groups in total. The van der Waals surface area contributed by atoms with E-state index in [0.29, 0.717) is 0 Å². The Kier molecular flexibility index (Phi) is 6.52. The van der Waals surface area contributed by atoms with Crippen LogP contribution in [0.3, 0.4) is 0 Å². The first-order valence-electron chi connectivity index (χ1n) is 9.48. The highest BCUT2D eigenvalue weighted by Gasteiger charge is 2.20. The van der Waals surface area contributed by atoms with Crippen LogP contribution in [-0.4, -0.2) is 25.9 Å². The third-order valence-corrected chi connectivity index (χ3v) is 5.70. The molecular weight excluding hydrogens is 368 g/mol. The molecule has 1 heterocycles. The van der Waals surface area contributed by atoms with Gasteiger partial charge in [-0.15, -0.1) is 10.2 Å². The zero-order valence-electron chi connectivity index (χ0n) is 16.8. The molecule has 0 saturated carbocycles. The fourth-order valence-electron chi connectivity index (χ4n) is 2.95. The van der Waals surface area contributed by atoms with Crippen LogP contribution in [0.5, 0.6) is 0 Å². The van der Waals surface area contributed by atoms with E-state index in [2.05, 4.69) is 39.1 Å². The fraction of sp³-hybridized carbons (Fsp3) is 0.318. The number of hydrogen-bond acceptors (Lipinski definition) is 4. The lowest BCUT2D eigenvalue weighted by Gasteiger charge is -2.14. The number of benzene rings is 2. The molecular formula is C22H26N4OS. The average molecular weight is 395 g/mol. The van der Waals surface area contributed by atoms with Crippen LogP contribution in [0, 0.1) is 13.8 Å². The number of amides is 1. The summed E-state index contributed by atoms with van der Waals surface area (Å²) in [5.74, 6) is 0.882. The summed E-state index contributed by atoms with van der Waals surface area (Å²) >= 11 is 1.44. The molecule has 0 spiro atoms. The number of carbonyl (C=O) groups is 1. The summed E-state index contributed by atoms with van der Waals surface area (Å²) in [5.41, 5.74) is 4.23. The number of thioether (sulfide) groups is 1. The van der Waals surface area contributed by atoms with E-state index < -0.39 is 0 Å². The lowest BCUT2D eigenvalue weighted by atomic mass is 10.1. The second-order valence-corrected chi connectivity index (χ2v) is 8.18. The standard InChI is InChI=1S/C22H26N4OS/c1-5-26-20(14-18-9-7-6-8-10-18)24-25-22(26)28-17(4)21(27)23-19-13-15(2)11-12-16(19)3/h6-13,17H,5,14H2,1-4H3,(H,23,27)/t17-/m1/s1. The molecule has 5 nitrogen and oxygen atoms in total. The van der Waals surface area contributed by atoms with Gasteiger partial charge in [-0.1, -0.05) is 54.2 Å². The maximum Gasteiger partial charge on any atom is 0.237 e. The Hall–Kier alpha value is -2.60. The van der Waals surface area contributed by atoms with Crippen LogP contribution >= 0.6 is 11.8 Å². The van der Waals surface area contributed by atoms with Crippen molar-refractivity contribution in [2.75, 3.05) is 5.32 Å². The first kappa shape index (κ1) is 20.1. The van der Waals surface area contributed by atoms with Gasteiger partial charge in [0.25, 0.3) is 0 Å². The van der Waals surface area contributed by atoms with Crippen molar-refractivity contribution < 1.29 is 4.79 Å². The smallest absolute Gasteiger partial charge is 0.237 e. The molecule has 0 radical (unpaired) electrons. The van der Waals surface area contributed by atoms with Gasteiger partial charge in [0.1, 0.15) is 5.82 Å². The molecule has 0 fully saturated rings. The van der Waals surface area contributed by atoms with Crippen molar-refractivity contribution >= 4 is 23.4 Å². The van der Waals surface area contributed by atoms with E-state index in [1.807, 2.05) is 57.2 Å². The van der Waals surface area contributed by atoms with Crippen molar-refractivity contribution in [3.63, 3.8) is 0 Å². The van der Waals surface area contributed by atoms with Gasteiger partial charge in [-0.3, -0.25) is 4.79 Å². The van der Waals surface area contributed by atoms with Crippen molar-refractivity contribution in [1.82, 2.24) is 14.8 Å². The van der Waals surface area contributed by atoms with Crippen LogP contribution in [0.4, 0.5) is 5.69 Å². The Bertz CT molecular complexity index is 952. The largest absolute Gasteiger partial charge is 0.325 e. The highest BCUT2D eigenvalue weighted by Crippen LogP contribution is 2.25. The van der Waals surface area contributed by atoms with Crippen molar-refractivity contribution in [3.05, 3.63) is 71.0 Å². The molecule has 0 aliphatic heterocycles. The predicted molar refractivity (Wildman–Crippen MR) is 115 cm³/mol. The molecule has 0 unspecified atom stereocenters. The first-order chi connectivity index (χ1) is 13.5. The topological polar surface area (TPSA) is 59.8 Å². The number of nitrogens with one attached hydrogen (secondary N) is 1. The zero-order chi connectivity index (χ0) is 20.1. The summed E-state index contributed by atoms with van der Waals surface area (Å²) < 4.78 is 2.08. The summed E-state index contributed by atoms with van der Waals surface area (Å²) in [4.78, 5) is 12.7. The predicted octanol–water partition coefficient (Wildman–Crippen LogP) is 4.62. The molecule has 28 heavy (non-hydrogen) atoms. The number of aryl methyl sites for hydroxylation is 2. The normalized spacial score (nSPS) is 12.0. The van der Waals surface area contributed by atoms with E-state index in [9.17, 15) is 4.79 Å². The van der Waals surface area contributed by atoms with Crippen LogP contribution in [0.2, 0.25) is 0 Å². The summed E-state index contributed by atoms with van der Waals surface area (Å²) in [7, 11) is 0. The molecule has 0 bridgehead atoms. The van der Waals surface area contributed by atoms with Crippen LogP contribution < -0.4 is 5.32 Å². The first-order valence-corrected chi connectivity index (χ1v) is 10.4. The number of rotatable bonds is 7. The van der Waals surface area contributed by atoms with Gasteiger partial charge in [-0.05, 0) is 50.5 Å². The van der Waals surface area contributed by atoms with Crippen LogP contribution in [0.1, 0.15) is 36.4 Å². The van der Waals surface area contributed by atoms with E-state index in [1.54, 1.807) is 0 Å². The summed E-state index contributed by atoms with van der Waals surface area (Å²) in [5, 5.41) is 12.2. The van der Waals surface area contributed by atoms with Gasteiger partial charge in [0.2, 0.25) is 5.91 Å². The van der Waals surface area contributed by atoms with Gasteiger partial charge >= 0.3 is 0 Å². The van der Waals surface area contributed by atoms with Gasteiger partial charge in [0.05, 0.1) is 5.25 Å². The highest BCUT2D eigenvalue weighted by atomic mass is 32.2. The third kappa shape index (κ3) is 4.81. The van der Waals surface area contributed by atoms with Crippen molar-refractivity contribution in [1.29, 1.82) is 0 Å². The van der Waals surface area contributed by atoms with Gasteiger partial charge in [-0.2, -0.15) is 0 Å². The van der Waals surface area contributed by atoms with E-state index in [-0.39, 0.29) is 11.2 Å². The highest BCUT2D eigenvalue weighted by molar-refractivity contribution is 8.00. The monoisotopic (exact) mass is 394 g/mol. The molecule has 0 aliphatic carbocycles. The Morgan fingerprint density at radius 1 is 1.14 bits per heavy atom. The molecule has 3 aromatic rings. The molecule has 146 valence electrons. The fourth-order valence-corrected chi connectivity index (χ4v) is 3.88. The molecule has 1 amide bonds. The molecule has 1 aromatic heterocycles. The SMILES string of the molecule is CCn1c(Cc2ccccc2)nnc1S[C@H](C)C(=O)Nc1cc(C)ccc1C. The molecule has 3 rings (SSSR count). The molecule has 0 aliphatic rings. The number of hydrogen-bond donors (Lipinski definition) is 1. The van der Waals surface area contributed by atoms with Crippen molar-refractivity contribution in [3.8, 4) is 0 Å². The average Bonchev–Trinajstić information content (AvgIpc) is 3.06. The number of anilines is 1. The minimum absolute atomic E-state index is 0.0334. The Balaban J connectivity index is 1.70. The Labute approximate surface area is 170 Å². The second-order valence-electron chi connectivity index (χ2n) is 6.87. The van der Waals surface area contributed by atoms with Crippen LogP contribution in [-0.2, 0) is 17.8 Å². The van der Waals surface area contributed by atoms with Gasteiger partial charge in [0, 0.05) is 18.7 Å². The summed E-state index contributed by atoms with van der Waals surface area (Å²) in [6.07, 6.45) is 0.727. The Morgan fingerprint density at radius 3 is 2.61 bits per heavy atom. The molecule has 1 atom stereocenters. The molecule has 2 aromatic carbocycles. The minimum Gasteiger partial charge on any atom is -0.325 e. The molecule has 6 heteroatoms. The van der Waals surface area contributed by atoms with E-state index >= 15 is 0 Å². The lowest BCUT2D eigenvalue weighted by molar-refractivity contribution is -0.115. The number of carbonyl (C=O) groups excluding carboxylic acids is 1.